The van der Waals surface area contributed by atoms with Crippen molar-refractivity contribution in [1.82, 2.24) is 19.1 Å². The molecule has 0 saturated carbocycles. The van der Waals surface area contributed by atoms with Crippen LogP contribution >= 0.6 is 12.2 Å². The lowest BCUT2D eigenvalue weighted by atomic mass is 10.2. The average molecular weight is 272 g/mol. The SMILES string of the molecule is Cn1c(-c2ccccc2)nc2c1c(=S)[nH]c(=O)n2C. The van der Waals surface area contributed by atoms with Gasteiger partial charge in [0.25, 0.3) is 0 Å². The highest BCUT2D eigenvalue weighted by Gasteiger charge is 2.13. The molecule has 0 saturated heterocycles. The van der Waals surface area contributed by atoms with Crippen molar-refractivity contribution in [2.75, 3.05) is 0 Å². The lowest BCUT2D eigenvalue weighted by Gasteiger charge is -2.01. The number of aromatic nitrogens is 4. The molecule has 0 aliphatic rings. The van der Waals surface area contributed by atoms with Crippen LogP contribution in [-0.4, -0.2) is 19.1 Å². The lowest BCUT2D eigenvalue weighted by Crippen LogP contribution is -2.20. The van der Waals surface area contributed by atoms with Crippen LogP contribution in [0.25, 0.3) is 22.6 Å². The molecule has 1 aromatic carbocycles. The summed E-state index contributed by atoms with van der Waals surface area (Å²) >= 11 is 5.22. The monoisotopic (exact) mass is 272 g/mol. The molecule has 19 heavy (non-hydrogen) atoms. The number of aromatic amines is 1. The molecule has 0 bridgehead atoms. The van der Waals surface area contributed by atoms with Crippen molar-refractivity contribution in [2.24, 2.45) is 14.1 Å². The van der Waals surface area contributed by atoms with Crippen LogP contribution in [0.1, 0.15) is 0 Å². The summed E-state index contributed by atoms with van der Waals surface area (Å²) in [6.07, 6.45) is 0. The summed E-state index contributed by atoms with van der Waals surface area (Å²) in [5.41, 5.74) is 2.09. The summed E-state index contributed by atoms with van der Waals surface area (Å²) in [6, 6.07) is 9.81. The van der Waals surface area contributed by atoms with Crippen LogP contribution in [0.5, 0.6) is 0 Å². The fourth-order valence-corrected chi connectivity index (χ4v) is 2.47. The highest BCUT2D eigenvalue weighted by molar-refractivity contribution is 7.71. The second-order valence-electron chi connectivity index (χ2n) is 4.35. The van der Waals surface area contributed by atoms with Crippen molar-refractivity contribution in [3.8, 4) is 11.4 Å². The van der Waals surface area contributed by atoms with Gasteiger partial charge in [-0.25, -0.2) is 9.78 Å². The molecule has 0 atom stereocenters. The Morgan fingerprint density at radius 1 is 1.16 bits per heavy atom. The van der Waals surface area contributed by atoms with E-state index in [9.17, 15) is 4.79 Å². The maximum absolute atomic E-state index is 11.7. The molecule has 3 aromatic rings. The number of aryl methyl sites for hydroxylation is 2. The third kappa shape index (κ3) is 1.72. The van der Waals surface area contributed by atoms with E-state index >= 15 is 0 Å². The zero-order chi connectivity index (χ0) is 13.6. The van der Waals surface area contributed by atoms with Gasteiger partial charge in [0.05, 0.1) is 0 Å². The summed E-state index contributed by atoms with van der Waals surface area (Å²) < 4.78 is 3.79. The summed E-state index contributed by atoms with van der Waals surface area (Å²) in [4.78, 5) is 18.9. The first-order chi connectivity index (χ1) is 9.09. The molecule has 2 aromatic heterocycles. The van der Waals surface area contributed by atoms with Gasteiger partial charge in [0.2, 0.25) is 0 Å². The second kappa shape index (κ2) is 4.17. The third-order valence-electron chi connectivity index (χ3n) is 3.17. The Kier molecular flexibility index (Phi) is 2.60. The fourth-order valence-electron chi connectivity index (χ4n) is 2.15. The van der Waals surface area contributed by atoms with Gasteiger partial charge >= 0.3 is 5.69 Å². The summed E-state index contributed by atoms with van der Waals surface area (Å²) in [5, 5.41) is 0. The number of nitrogens with zero attached hydrogens (tertiary/aromatic N) is 3. The predicted molar refractivity (Wildman–Crippen MR) is 76.6 cm³/mol. The molecule has 5 nitrogen and oxygen atoms in total. The Balaban J connectivity index is 2.45. The Bertz CT molecular complexity index is 873. The van der Waals surface area contributed by atoms with Gasteiger partial charge in [-0.15, -0.1) is 0 Å². The Morgan fingerprint density at radius 2 is 1.84 bits per heavy atom. The normalized spacial score (nSPS) is 11.1. The van der Waals surface area contributed by atoms with E-state index in [2.05, 4.69) is 9.97 Å². The van der Waals surface area contributed by atoms with Gasteiger partial charge < -0.3 is 4.57 Å². The van der Waals surface area contributed by atoms with Crippen LogP contribution in [-0.2, 0) is 14.1 Å². The Hall–Kier alpha value is -2.21. The first-order valence-corrected chi connectivity index (χ1v) is 6.21. The van der Waals surface area contributed by atoms with Crippen LogP contribution in [0.4, 0.5) is 0 Å². The Labute approximate surface area is 114 Å². The van der Waals surface area contributed by atoms with Crippen LogP contribution < -0.4 is 5.69 Å². The second-order valence-corrected chi connectivity index (χ2v) is 4.76. The highest BCUT2D eigenvalue weighted by atomic mass is 32.1. The molecule has 3 rings (SSSR count). The van der Waals surface area contributed by atoms with E-state index < -0.39 is 0 Å². The fraction of sp³-hybridized carbons (Fsp3) is 0.154. The van der Waals surface area contributed by atoms with Crippen molar-refractivity contribution >= 4 is 23.4 Å². The van der Waals surface area contributed by atoms with Crippen LogP contribution in [0.3, 0.4) is 0 Å². The van der Waals surface area contributed by atoms with Gasteiger partial charge in [0.1, 0.15) is 16.0 Å². The van der Waals surface area contributed by atoms with E-state index in [-0.39, 0.29) is 5.69 Å². The third-order valence-corrected chi connectivity index (χ3v) is 3.46. The highest BCUT2D eigenvalue weighted by Crippen LogP contribution is 2.22. The minimum atomic E-state index is -0.254. The average Bonchev–Trinajstić information content (AvgIpc) is 2.76. The maximum Gasteiger partial charge on any atom is 0.327 e. The smallest absolute Gasteiger partial charge is 0.323 e. The van der Waals surface area contributed by atoms with Crippen LogP contribution in [0.2, 0.25) is 0 Å². The zero-order valence-electron chi connectivity index (χ0n) is 10.5. The van der Waals surface area contributed by atoms with Gasteiger partial charge in [0.15, 0.2) is 5.65 Å². The van der Waals surface area contributed by atoms with E-state index in [4.69, 9.17) is 12.2 Å². The molecule has 0 aliphatic heterocycles. The van der Waals surface area contributed by atoms with Gasteiger partial charge in [0, 0.05) is 19.7 Å². The summed E-state index contributed by atoms with van der Waals surface area (Å²) in [7, 11) is 3.57. The van der Waals surface area contributed by atoms with Gasteiger partial charge in [-0.05, 0) is 0 Å². The minimum absolute atomic E-state index is 0.254. The summed E-state index contributed by atoms with van der Waals surface area (Å²) in [6.45, 7) is 0. The van der Waals surface area contributed by atoms with Crippen molar-refractivity contribution in [3.63, 3.8) is 0 Å². The summed E-state index contributed by atoms with van der Waals surface area (Å²) in [5.74, 6) is 0.788. The molecule has 0 amide bonds. The molecular formula is C13H12N4OS. The molecule has 0 radical (unpaired) electrons. The number of hydrogen-bond acceptors (Lipinski definition) is 3. The molecule has 0 fully saturated rings. The van der Waals surface area contributed by atoms with E-state index in [1.54, 1.807) is 7.05 Å². The first kappa shape index (κ1) is 11.9. The topological polar surface area (TPSA) is 55.6 Å². The van der Waals surface area contributed by atoms with Gasteiger partial charge in [-0.1, -0.05) is 42.5 Å². The molecule has 0 aliphatic carbocycles. The molecule has 1 N–H and O–H groups in total. The van der Waals surface area contributed by atoms with Crippen molar-refractivity contribution in [3.05, 3.63) is 45.5 Å². The number of hydrogen-bond donors (Lipinski definition) is 1. The predicted octanol–water partition coefficient (Wildman–Crippen LogP) is 2.00. The first-order valence-electron chi connectivity index (χ1n) is 5.80. The standard InChI is InChI=1S/C13H12N4OS/c1-16-9-11(17(2)13(18)15-12(9)19)14-10(16)8-6-4-3-5-7-8/h3-7H,1-2H3,(H,15,18,19). The van der Waals surface area contributed by atoms with Crippen LogP contribution in [0, 0.1) is 4.64 Å². The van der Waals surface area contributed by atoms with E-state index in [1.807, 2.05) is 41.9 Å². The molecule has 0 spiro atoms. The molecule has 2 heterocycles. The molecule has 6 heteroatoms. The van der Waals surface area contributed by atoms with Crippen molar-refractivity contribution in [1.29, 1.82) is 0 Å². The maximum atomic E-state index is 11.7. The van der Waals surface area contributed by atoms with E-state index in [0.29, 0.717) is 10.3 Å². The van der Waals surface area contributed by atoms with Crippen molar-refractivity contribution in [2.45, 2.75) is 0 Å². The number of nitrogens with one attached hydrogen (secondary N) is 1. The van der Waals surface area contributed by atoms with Gasteiger partial charge in [-0.3, -0.25) is 9.55 Å². The number of H-pyrrole nitrogens is 1. The number of benzene rings is 1. The quantitative estimate of drug-likeness (QED) is 0.689. The minimum Gasteiger partial charge on any atom is -0.323 e. The molecular weight excluding hydrogens is 260 g/mol. The van der Waals surface area contributed by atoms with Gasteiger partial charge in [-0.2, -0.15) is 0 Å². The number of rotatable bonds is 1. The van der Waals surface area contributed by atoms with E-state index in [1.165, 1.54) is 4.57 Å². The number of fused-ring (bicyclic) bond motifs is 1. The van der Waals surface area contributed by atoms with Crippen molar-refractivity contribution < 1.29 is 0 Å². The zero-order valence-corrected chi connectivity index (χ0v) is 11.4. The lowest BCUT2D eigenvalue weighted by molar-refractivity contribution is 0.836. The van der Waals surface area contributed by atoms with Crippen LogP contribution in [0.15, 0.2) is 35.1 Å². The molecule has 0 unspecified atom stereocenters. The molecule has 96 valence electrons. The Morgan fingerprint density at radius 3 is 2.53 bits per heavy atom. The largest absolute Gasteiger partial charge is 0.327 e. The van der Waals surface area contributed by atoms with E-state index in [0.717, 1.165) is 16.9 Å². The number of imidazole rings is 1.